The number of amides is 2. The number of hydrogen-bond donors (Lipinski definition) is 1. The number of piperidine rings is 1. The summed E-state index contributed by atoms with van der Waals surface area (Å²) < 4.78 is 0. The van der Waals surface area contributed by atoms with Gasteiger partial charge in [0, 0.05) is 36.7 Å². The van der Waals surface area contributed by atoms with E-state index >= 15 is 0 Å². The molecule has 24 heavy (non-hydrogen) atoms. The highest BCUT2D eigenvalue weighted by molar-refractivity contribution is 5.97. The molecule has 2 rings (SSSR count). The van der Waals surface area contributed by atoms with Gasteiger partial charge in [-0.3, -0.25) is 14.4 Å². The Labute approximate surface area is 143 Å². The van der Waals surface area contributed by atoms with Gasteiger partial charge in [0.2, 0.25) is 11.8 Å². The lowest BCUT2D eigenvalue weighted by Crippen LogP contribution is -2.41. The van der Waals surface area contributed by atoms with Gasteiger partial charge in [-0.25, -0.2) is 0 Å². The zero-order valence-electron chi connectivity index (χ0n) is 14.5. The molecule has 130 valence electrons. The first-order chi connectivity index (χ1) is 11.5. The lowest BCUT2D eigenvalue weighted by atomic mass is 9.95. The standard InChI is InChI=1S/C19H26N2O3/c1-3-4-8-18(23)21-11-9-15(10-12-21)19(24)20-17-7-5-6-16(13-17)14(2)22/h5-7,13,15H,3-4,8-12H2,1-2H3,(H,20,24). The summed E-state index contributed by atoms with van der Waals surface area (Å²) in [6.45, 7) is 4.87. The lowest BCUT2D eigenvalue weighted by Gasteiger charge is -2.31. The molecule has 0 aromatic heterocycles. The van der Waals surface area contributed by atoms with Crippen LogP contribution in [0.2, 0.25) is 0 Å². The van der Waals surface area contributed by atoms with E-state index in [1.54, 1.807) is 24.3 Å². The number of carbonyl (C=O) groups excluding carboxylic acids is 3. The van der Waals surface area contributed by atoms with Crippen LogP contribution in [0.25, 0.3) is 0 Å². The SMILES string of the molecule is CCCCC(=O)N1CCC(C(=O)Nc2cccc(C(C)=O)c2)CC1. The molecule has 0 atom stereocenters. The van der Waals surface area contributed by atoms with Crippen LogP contribution in [0.3, 0.4) is 0 Å². The first-order valence-corrected chi connectivity index (χ1v) is 8.71. The van der Waals surface area contributed by atoms with Crippen molar-refractivity contribution in [3.05, 3.63) is 29.8 Å². The summed E-state index contributed by atoms with van der Waals surface area (Å²) in [7, 11) is 0. The fourth-order valence-corrected chi connectivity index (χ4v) is 2.94. The van der Waals surface area contributed by atoms with Gasteiger partial charge in [0.05, 0.1) is 0 Å². The van der Waals surface area contributed by atoms with E-state index in [1.165, 1.54) is 6.92 Å². The Bertz CT molecular complexity index is 604. The van der Waals surface area contributed by atoms with Gasteiger partial charge in [0.15, 0.2) is 5.78 Å². The number of hydrogen-bond acceptors (Lipinski definition) is 3. The molecule has 1 heterocycles. The summed E-state index contributed by atoms with van der Waals surface area (Å²) in [5, 5.41) is 2.89. The van der Waals surface area contributed by atoms with Gasteiger partial charge in [-0.15, -0.1) is 0 Å². The lowest BCUT2D eigenvalue weighted by molar-refractivity contribution is -0.134. The highest BCUT2D eigenvalue weighted by Gasteiger charge is 2.27. The van der Waals surface area contributed by atoms with Crippen LogP contribution in [0.15, 0.2) is 24.3 Å². The van der Waals surface area contributed by atoms with Gasteiger partial charge < -0.3 is 10.2 Å². The van der Waals surface area contributed by atoms with E-state index in [0.717, 1.165) is 12.8 Å². The average molecular weight is 330 g/mol. The maximum absolute atomic E-state index is 12.4. The molecule has 1 fully saturated rings. The van der Waals surface area contributed by atoms with Crippen molar-refractivity contribution in [1.29, 1.82) is 0 Å². The van der Waals surface area contributed by atoms with E-state index in [0.29, 0.717) is 43.6 Å². The van der Waals surface area contributed by atoms with Crippen LogP contribution in [0.1, 0.15) is 56.3 Å². The second-order valence-electron chi connectivity index (χ2n) is 6.38. The fraction of sp³-hybridized carbons (Fsp3) is 0.526. The van der Waals surface area contributed by atoms with Crippen LogP contribution < -0.4 is 5.32 Å². The molecule has 1 aliphatic rings. The first-order valence-electron chi connectivity index (χ1n) is 8.71. The summed E-state index contributed by atoms with van der Waals surface area (Å²) in [5.74, 6) is 0.0624. The van der Waals surface area contributed by atoms with Gasteiger partial charge >= 0.3 is 0 Å². The van der Waals surface area contributed by atoms with Crippen molar-refractivity contribution in [2.75, 3.05) is 18.4 Å². The smallest absolute Gasteiger partial charge is 0.227 e. The van der Waals surface area contributed by atoms with Crippen molar-refractivity contribution in [3.63, 3.8) is 0 Å². The average Bonchev–Trinajstić information content (AvgIpc) is 2.60. The van der Waals surface area contributed by atoms with Crippen molar-refractivity contribution >= 4 is 23.3 Å². The van der Waals surface area contributed by atoms with Crippen LogP contribution in [0, 0.1) is 5.92 Å². The van der Waals surface area contributed by atoms with Crippen LogP contribution >= 0.6 is 0 Å². The molecule has 0 radical (unpaired) electrons. The number of nitrogens with zero attached hydrogens (tertiary/aromatic N) is 1. The van der Waals surface area contributed by atoms with Crippen LogP contribution in [-0.2, 0) is 9.59 Å². The fourth-order valence-electron chi connectivity index (χ4n) is 2.94. The maximum Gasteiger partial charge on any atom is 0.227 e. The molecule has 1 N–H and O–H groups in total. The Morgan fingerprint density at radius 2 is 1.92 bits per heavy atom. The predicted molar refractivity (Wildman–Crippen MR) is 93.9 cm³/mol. The van der Waals surface area contributed by atoms with E-state index in [1.807, 2.05) is 4.90 Å². The Hall–Kier alpha value is -2.17. The Balaban J connectivity index is 1.86. The molecule has 1 aromatic carbocycles. The molecule has 0 bridgehead atoms. The number of benzene rings is 1. The van der Waals surface area contributed by atoms with E-state index in [4.69, 9.17) is 0 Å². The molecule has 5 heteroatoms. The number of anilines is 1. The van der Waals surface area contributed by atoms with E-state index in [9.17, 15) is 14.4 Å². The van der Waals surface area contributed by atoms with Crippen LogP contribution in [0.4, 0.5) is 5.69 Å². The predicted octanol–water partition coefficient (Wildman–Crippen LogP) is 3.26. The van der Waals surface area contributed by atoms with Gasteiger partial charge in [-0.05, 0) is 38.3 Å². The second kappa shape index (κ2) is 8.62. The summed E-state index contributed by atoms with van der Waals surface area (Å²) in [5.41, 5.74) is 1.23. The van der Waals surface area contributed by atoms with Crippen molar-refractivity contribution in [3.8, 4) is 0 Å². The molecule has 0 unspecified atom stereocenters. The third kappa shape index (κ3) is 4.91. The summed E-state index contributed by atoms with van der Waals surface area (Å²) in [6, 6.07) is 6.98. The van der Waals surface area contributed by atoms with Gasteiger partial charge in [0.1, 0.15) is 0 Å². The topological polar surface area (TPSA) is 66.5 Å². The first kappa shape index (κ1) is 18.2. The normalized spacial score (nSPS) is 15.2. The summed E-state index contributed by atoms with van der Waals surface area (Å²) in [6.07, 6.45) is 3.92. The molecule has 0 aliphatic carbocycles. The number of Topliss-reactive ketones (excluding diaryl/α,β-unsaturated/α-hetero) is 1. The molecule has 2 amide bonds. The monoisotopic (exact) mass is 330 g/mol. The number of likely N-dealkylation sites (tertiary alicyclic amines) is 1. The van der Waals surface area contributed by atoms with Crippen LogP contribution in [0.5, 0.6) is 0 Å². The summed E-state index contributed by atoms with van der Waals surface area (Å²) in [4.78, 5) is 37.7. The maximum atomic E-state index is 12.4. The van der Waals surface area contributed by atoms with Crippen molar-refractivity contribution in [2.24, 2.45) is 5.92 Å². The molecule has 1 aromatic rings. The van der Waals surface area contributed by atoms with Crippen molar-refractivity contribution in [2.45, 2.75) is 46.0 Å². The molecule has 5 nitrogen and oxygen atoms in total. The minimum atomic E-state index is -0.0822. The summed E-state index contributed by atoms with van der Waals surface area (Å²) >= 11 is 0. The highest BCUT2D eigenvalue weighted by atomic mass is 16.2. The zero-order valence-corrected chi connectivity index (χ0v) is 14.5. The van der Waals surface area contributed by atoms with Crippen molar-refractivity contribution in [1.82, 2.24) is 4.90 Å². The molecular formula is C19H26N2O3. The van der Waals surface area contributed by atoms with Gasteiger partial charge in [0.25, 0.3) is 0 Å². The third-order valence-corrected chi connectivity index (χ3v) is 4.50. The Morgan fingerprint density at radius 1 is 1.21 bits per heavy atom. The zero-order chi connectivity index (χ0) is 17.5. The third-order valence-electron chi connectivity index (χ3n) is 4.50. The van der Waals surface area contributed by atoms with Crippen LogP contribution in [-0.4, -0.2) is 35.6 Å². The molecule has 1 saturated heterocycles. The largest absolute Gasteiger partial charge is 0.343 e. The quantitative estimate of drug-likeness (QED) is 0.814. The number of nitrogens with one attached hydrogen (secondary N) is 1. The van der Waals surface area contributed by atoms with E-state index < -0.39 is 0 Å². The minimum Gasteiger partial charge on any atom is -0.343 e. The molecule has 1 aliphatic heterocycles. The Morgan fingerprint density at radius 3 is 2.54 bits per heavy atom. The Kier molecular flexibility index (Phi) is 6.53. The number of carbonyl (C=O) groups is 3. The van der Waals surface area contributed by atoms with E-state index in [2.05, 4.69) is 12.2 Å². The number of rotatable bonds is 6. The minimum absolute atomic E-state index is 0.0231. The van der Waals surface area contributed by atoms with Gasteiger partial charge in [-0.1, -0.05) is 25.5 Å². The molecule has 0 saturated carbocycles. The second-order valence-corrected chi connectivity index (χ2v) is 6.38. The highest BCUT2D eigenvalue weighted by Crippen LogP contribution is 2.21. The van der Waals surface area contributed by atoms with Gasteiger partial charge in [-0.2, -0.15) is 0 Å². The number of unbranched alkanes of at least 4 members (excludes halogenated alkanes) is 1. The van der Waals surface area contributed by atoms with E-state index in [-0.39, 0.29) is 23.5 Å². The molecule has 0 spiro atoms. The van der Waals surface area contributed by atoms with Crippen molar-refractivity contribution < 1.29 is 14.4 Å². The number of ketones is 1. The molecular weight excluding hydrogens is 304 g/mol.